The topological polar surface area (TPSA) is 80.3 Å². The van der Waals surface area contributed by atoms with Crippen molar-refractivity contribution in [3.05, 3.63) is 42.6 Å². The van der Waals surface area contributed by atoms with Gasteiger partial charge in [0.2, 0.25) is 0 Å². The predicted molar refractivity (Wildman–Crippen MR) is 103 cm³/mol. The van der Waals surface area contributed by atoms with E-state index in [1.54, 1.807) is 42.6 Å². The Labute approximate surface area is 155 Å². The van der Waals surface area contributed by atoms with Gasteiger partial charge in [0.25, 0.3) is 10.0 Å². The van der Waals surface area contributed by atoms with E-state index < -0.39 is 10.0 Å². The van der Waals surface area contributed by atoms with Gasteiger partial charge in [-0.15, -0.1) is 0 Å². The maximum atomic E-state index is 12.5. The van der Waals surface area contributed by atoms with Crippen molar-refractivity contribution >= 4 is 21.5 Å². The number of hydrogen-bond donors (Lipinski definition) is 2. The summed E-state index contributed by atoms with van der Waals surface area (Å²) in [7, 11) is -3.68. The Hall–Kier alpha value is -2.28. The summed E-state index contributed by atoms with van der Waals surface area (Å²) in [6.07, 6.45) is 7.40. The lowest BCUT2D eigenvalue weighted by Crippen LogP contribution is -2.14. The number of sulfonamides is 1. The van der Waals surface area contributed by atoms with E-state index in [-0.39, 0.29) is 11.0 Å². The number of aromatic nitrogens is 1. The number of hydrogen-bond acceptors (Lipinski definition) is 5. The van der Waals surface area contributed by atoms with Crippen molar-refractivity contribution in [2.75, 3.05) is 16.6 Å². The highest BCUT2D eigenvalue weighted by molar-refractivity contribution is 7.92. The van der Waals surface area contributed by atoms with Crippen molar-refractivity contribution in [3.63, 3.8) is 0 Å². The second kappa shape index (κ2) is 8.40. The fourth-order valence-corrected chi connectivity index (χ4v) is 3.93. The fourth-order valence-electron chi connectivity index (χ4n) is 2.92. The Balaban J connectivity index is 1.63. The molecule has 2 aromatic rings. The monoisotopic (exact) mass is 375 g/mol. The van der Waals surface area contributed by atoms with Crippen molar-refractivity contribution in [2.45, 2.75) is 50.0 Å². The molecular weight excluding hydrogens is 350 g/mol. The largest absolute Gasteiger partial charge is 0.490 e. The first-order chi connectivity index (χ1) is 12.6. The van der Waals surface area contributed by atoms with Crippen LogP contribution < -0.4 is 14.8 Å². The molecule has 2 N–H and O–H groups in total. The lowest BCUT2D eigenvalue weighted by Gasteiger charge is -2.13. The maximum absolute atomic E-state index is 12.5. The minimum atomic E-state index is -3.68. The molecule has 0 amide bonds. The summed E-state index contributed by atoms with van der Waals surface area (Å²) in [5.41, 5.74) is 0.864. The average Bonchev–Trinajstić information content (AvgIpc) is 3.14. The molecule has 7 heteroatoms. The quantitative estimate of drug-likeness (QED) is 0.728. The minimum absolute atomic E-state index is 0.186. The lowest BCUT2D eigenvalue weighted by atomic mass is 10.3. The summed E-state index contributed by atoms with van der Waals surface area (Å²) in [6.45, 7) is 2.93. The van der Waals surface area contributed by atoms with Gasteiger partial charge in [-0.3, -0.25) is 4.72 Å². The Morgan fingerprint density at radius 1 is 1.12 bits per heavy atom. The van der Waals surface area contributed by atoms with Crippen LogP contribution in [0.25, 0.3) is 0 Å². The van der Waals surface area contributed by atoms with Gasteiger partial charge in [0.05, 0.1) is 22.9 Å². The molecule has 1 fully saturated rings. The summed E-state index contributed by atoms with van der Waals surface area (Å²) in [6, 6.07) is 9.98. The predicted octanol–water partition coefficient (Wildman–Crippen LogP) is 4.03. The Bertz CT molecular complexity index is 799. The van der Waals surface area contributed by atoms with Crippen LogP contribution in [0.4, 0.5) is 11.5 Å². The molecule has 0 saturated heterocycles. The van der Waals surface area contributed by atoms with Crippen LogP contribution >= 0.6 is 0 Å². The van der Waals surface area contributed by atoms with E-state index >= 15 is 0 Å². The highest BCUT2D eigenvalue weighted by Gasteiger charge is 2.18. The van der Waals surface area contributed by atoms with E-state index in [1.165, 1.54) is 12.8 Å². The van der Waals surface area contributed by atoms with Crippen molar-refractivity contribution < 1.29 is 13.2 Å². The molecule has 0 radical (unpaired) electrons. The van der Waals surface area contributed by atoms with E-state index in [2.05, 4.69) is 21.9 Å². The number of ether oxygens (including phenoxy) is 1. The van der Waals surface area contributed by atoms with Crippen LogP contribution in [-0.2, 0) is 10.0 Å². The molecule has 0 spiro atoms. The van der Waals surface area contributed by atoms with E-state index in [0.29, 0.717) is 11.6 Å². The van der Waals surface area contributed by atoms with Crippen LogP contribution in [0, 0.1) is 0 Å². The second-order valence-corrected chi connectivity index (χ2v) is 8.14. The van der Waals surface area contributed by atoms with Crippen LogP contribution in [0.15, 0.2) is 47.5 Å². The highest BCUT2D eigenvalue weighted by Crippen LogP contribution is 2.25. The highest BCUT2D eigenvalue weighted by atomic mass is 32.2. The Kier molecular flexibility index (Phi) is 5.98. The number of rotatable bonds is 8. The molecule has 1 aliphatic carbocycles. The molecule has 0 atom stereocenters. The van der Waals surface area contributed by atoms with Crippen molar-refractivity contribution in [2.24, 2.45) is 0 Å². The van der Waals surface area contributed by atoms with Gasteiger partial charge >= 0.3 is 0 Å². The molecular formula is C19H25N3O3S. The van der Waals surface area contributed by atoms with Crippen LogP contribution in [0.5, 0.6) is 5.75 Å². The molecule has 1 aromatic heterocycles. The molecule has 6 nitrogen and oxygen atoms in total. The summed E-state index contributed by atoms with van der Waals surface area (Å²) < 4.78 is 33.4. The van der Waals surface area contributed by atoms with E-state index in [9.17, 15) is 8.42 Å². The molecule has 3 rings (SSSR count). The van der Waals surface area contributed by atoms with Gasteiger partial charge in [-0.1, -0.05) is 6.92 Å². The number of benzene rings is 1. The molecule has 26 heavy (non-hydrogen) atoms. The second-order valence-electron chi connectivity index (χ2n) is 6.46. The summed E-state index contributed by atoms with van der Waals surface area (Å²) in [5, 5.41) is 3.20. The number of anilines is 2. The average molecular weight is 375 g/mol. The van der Waals surface area contributed by atoms with Crippen LogP contribution in [-0.4, -0.2) is 26.1 Å². The first kappa shape index (κ1) is 18.5. The molecule has 1 aromatic carbocycles. The van der Waals surface area contributed by atoms with Gasteiger partial charge in [0.1, 0.15) is 11.6 Å². The zero-order chi connectivity index (χ0) is 18.4. The zero-order valence-corrected chi connectivity index (χ0v) is 15.8. The number of pyridine rings is 1. The smallest absolute Gasteiger partial charge is 0.263 e. The maximum Gasteiger partial charge on any atom is 0.263 e. The van der Waals surface area contributed by atoms with Crippen LogP contribution in [0.2, 0.25) is 0 Å². The number of nitrogens with zero attached hydrogens (tertiary/aromatic N) is 1. The zero-order valence-electron chi connectivity index (χ0n) is 14.9. The third kappa shape index (κ3) is 4.88. The fraction of sp³-hybridized carbons (Fsp3) is 0.421. The van der Waals surface area contributed by atoms with Gasteiger partial charge in [-0.05, 0) is 68.5 Å². The Morgan fingerprint density at radius 2 is 1.85 bits per heavy atom. The summed E-state index contributed by atoms with van der Waals surface area (Å²) in [5.74, 6) is 0.999. The standard InChI is InChI=1S/C19H25N3O3S/c1-2-13-20-15-7-12-19(21-14-15)22-26(23,24)18-10-8-17(9-11-18)25-16-5-3-4-6-16/h7-12,14,16,20H,2-6,13H2,1H3,(H,21,22). The van der Waals surface area contributed by atoms with Crippen molar-refractivity contribution in [1.82, 2.24) is 4.98 Å². The molecule has 1 saturated carbocycles. The third-order valence-electron chi connectivity index (χ3n) is 4.32. The summed E-state index contributed by atoms with van der Waals surface area (Å²) in [4.78, 5) is 4.34. The van der Waals surface area contributed by atoms with Crippen molar-refractivity contribution in [3.8, 4) is 5.75 Å². The molecule has 1 aliphatic rings. The number of nitrogens with one attached hydrogen (secondary N) is 2. The first-order valence-corrected chi connectivity index (χ1v) is 10.5. The molecule has 140 valence electrons. The lowest BCUT2D eigenvalue weighted by molar-refractivity contribution is 0.210. The first-order valence-electron chi connectivity index (χ1n) is 9.06. The molecule has 0 bridgehead atoms. The van der Waals surface area contributed by atoms with Gasteiger partial charge < -0.3 is 10.1 Å². The van der Waals surface area contributed by atoms with E-state index in [0.717, 1.165) is 31.5 Å². The van der Waals surface area contributed by atoms with Gasteiger partial charge in [0, 0.05) is 6.54 Å². The van der Waals surface area contributed by atoms with E-state index in [1.807, 2.05) is 0 Å². The van der Waals surface area contributed by atoms with Gasteiger partial charge in [-0.25, -0.2) is 13.4 Å². The van der Waals surface area contributed by atoms with Crippen molar-refractivity contribution in [1.29, 1.82) is 0 Å². The van der Waals surface area contributed by atoms with E-state index in [4.69, 9.17) is 4.74 Å². The Morgan fingerprint density at radius 3 is 2.46 bits per heavy atom. The van der Waals surface area contributed by atoms with Crippen LogP contribution in [0.3, 0.4) is 0 Å². The third-order valence-corrected chi connectivity index (χ3v) is 5.69. The molecule has 1 heterocycles. The molecule has 0 aliphatic heterocycles. The summed E-state index contributed by atoms with van der Waals surface area (Å²) >= 11 is 0. The normalized spacial score (nSPS) is 15.0. The minimum Gasteiger partial charge on any atom is -0.490 e. The molecule has 0 unspecified atom stereocenters. The van der Waals surface area contributed by atoms with Gasteiger partial charge in [-0.2, -0.15) is 0 Å². The van der Waals surface area contributed by atoms with Gasteiger partial charge in [0.15, 0.2) is 0 Å². The SMILES string of the molecule is CCCNc1ccc(NS(=O)(=O)c2ccc(OC3CCCC3)cc2)nc1. The van der Waals surface area contributed by atoms with Crippen LogP contribution in [0.1, 0.15) is 39.0 Å².